The second-order valence-corrected chi connectivity index (χ2v) is 4.28. The number of nitrogen functional groups attached to an aromatic ring is 1. The molecule has 0 saturated carbocycles. The third-order valence-corrected chi connectivity index (χ3v) is 1.88. The minimum atomic E-state index is -0.434. The van der Waals surface area contributed by atoms with Crippen molar-refractivity contribution in [3.63, 3.8) is 0 Å². The SMILES string of the molecule is Cn1ncc(N)c1NC(=O)C(C)(C)C. The summed E-state index contributed by atoms with van der Waals surface area (Å²) in [5, 5.41) is 6.66. The molecule has 0 aliphatic heterocycles. The standard InChI is InChI=1S/C9H16N4O/c1-9(2,3)8(14)12-7-6(10)5-11-13(7)4/h5H,10H2,1-4H3,(H,12,14). The molecule has 0 aliphatic carbocycles. The molecule has 5 nitrogen and oxygen atoms in total. The maximum atomic E-state index is 11.6. The number of aromatic nitrogens is 2. The van der Waals surface area contributed by atoms with E-state index in [9.17, 15) is 4.79 Å². The van der Waals surface area contributed by atoms with Gasteiger partial charge < -0.3 is 11.1 Å². The van der Waals surface area contributed by atoms with Gasteiger partial charge in [-0.3, -0.25) is 9.48 Å². The summed E-state index contributed by atoms with van der Waals surface area (Å²) in [5.41, 5.74) is 5.68. The van der Waals surface area contributed by atoms with Gasteiger partial charge in [-0.25, -0.2) is 0 Å². The predicted molar refractivity (Wildman–Crippen MR) is 55.7 cm³/mol. The van der Waals surface area contributed by atoms with Gasteiger partial charge in [0, 0.05) is 12.5 Å². The minimum Gasteiger partial charge on any atom is -0.394 e. The number of carbonyl (C=O) groups is 1. The molecule has 1 aromatic heterocycles. The first-order chi connectivity index (χ1) is 6.32. The fourth-order valence-electron chi connectivity index (χ4n) is 0.903. The Morgan fingerprint density at radius 1 is 1.57 bits per heavy atom. The summed E-state index contributed by atoms with van der Waals surface area (Å²) in [6, 6.07) is 0. The first-order valence-electron chi connectivity index (χ1n) is 4.41. The highest BCUT2D eigenvalue weighted by atomic mass is 16.2. The average molecular weight is 196 g/mol. The molecule has 0 spiro atoms. The molecule has 0 atom stereocenters. The largest absolute Gasteiger partial charge is 0.394 e. The lowest BCUT2D eigenvalue weighted by atomic mass is 9.96. The Bertz CT molecular complexity index is 329. The topological polar surface area (TPSA) is 72.9 Å². The van der Waals surface area contributed by atoms with Gasteiger partial charge in [0.2, 0.25) is 5.91 Å². The average Bonchev–Trinajstić information content (AvgIpc) is 2.34. The first-order valence-corrected chi connectivity index (χ1v) is 4.41. The molecule has 1 aromatic rings. The first kappa shape index (κ1) is 10.6. The molecule has 14 heavy (non-hydrogen) atoms. The van der Waals surface area contributed by atoms with Crippen molar-refractivity contribution in [1.29, 1.82) is 0 Å². The number of hydrogen-bond donors (Lipinski definition) is 2. The molecule has 3 N–H and O–H groups in total. The fraction of sp³-hybridized carbons (Fsp3) is 0.556. The van der Waals surface area contributed by atoms with Gasteiger partial charge in [0.15, 0.2) is 5.82 Å². The van der Waals surface area contributed by atoms with Crippen molar-refractivity contribution in [2.75, 3.05) is 11.1 Å². The third kappa shape index (κ3) is 2.04. The number of carbonyl (C=O) groups excluding carboxylic acids is 1. The van der Waals surface area contributed by atoms with Crippen LogP contribution in [0.15, 0.2) is 6.20 Å². The van der Waals surface area contributed by atoms with E-state index in [0.717, 1.165) is 0 Å². The number of hydrogen-bond acceptors (Lipinski definition) is 3. The van der Waals surface area contributed by atoms with E-state index < -0.39 is 5.41 Å². The molecular weight excluding hydrogens is 180 g/mol. The maximum absolute atomic E-state index is 11.6. The normalized spacial score (nSPS) is 11.4. The number of anilines is 2. The summed E-state index contributed by atoms with van der Waals surface area (Å²) >= 11 is 0. The Morgan fingerprint density at radius 3 is 2.50 bits per heavy atom. The Balaban J connectivity index is 2.85. The summed E-state index contributed by atoms with van der Waals surface area (Å²) in [4.78, 5) is 11.6. The third-order valence-electron chi connectivity index (χ3n) is 1.88. The Kier molecular flexibility index (Phi) is 2.51. The van der Waals surface area contributed by atoms with Crippen molar-refractivity contribution in [3.05, 3.63) is 6.20 Å². The zero-order chi connectivity index (χ0) is 10.9. The van der Waals surface area contributed by atoms with Gasteiger partial charge in [-0.15, -0.1) is 0 Å². The molecule has 0 aromatic carbocycles. The lowest BCUT2D eigenvalue weighted by molar-refractivity contribution is -0.123. The summed E-state index contributed by atoms with van der Waals surface area (Å²) in [6.07, 6.45) is 1.51. The lowest BCUT2D eigenvalue weighted by Crippen LogP contribution is -2.28. The van der Waals surface area contributed by atoms with Crippen LogP contribution in [-0.2, 0) is 11.8 Å². The number of nitrogens with two attached hydrogens (primary N) is 1. The molecule has 0 bridgehead atoms. The molecule has 5 heteroatoms. The van der Waals surface area contributed by atoms with Crippen LogP contribution in [0.2, 0.25) is 0 Å². The van der Waals surface area contributed by atoms with E-state index in [4.69, 9.17) is 5.73 Å². The zero-order valence-electron chi connectivity index (χ0n) is 8.96. The second kappa shape index (κ2) is 3.32. The molecule has 0 unspecified atom stereocenters. The number of nitrogens with one attached hydrogen (secondary N) is 1. The highest BCUT2D eigenvalue weighted by molar-refractivity contribution is 5.95. The van der Waals surface area contributed by atoms with Gasteiger partial charge in [-0.1, -0.05) is 20.8 Å². The van der Waals surface area contributed by atoms with Crippen LogP contribution >= 0.6 is 0 Å². The number of rotatable bonds is 1. The lowest BCUT2D eigenvalue weighted by Gasteiger charge is -2.17. The van der Waals surface area contributed by atoms with Crippen LogP contribution in [0.3, 0.4) is 0 Å². The molecule has 0 radical (unpaired) electrons. The Labute approximate surface area is 83.3 Å². The molecular formula is C9H16N4O. The van der Waals surface area contributed by atoms with Crippen LogP contribution < -0.4 is 11.1 Å². The van der Waals surface area contributed by atoms with Crippen molar-refractivity contribution in [2.24, 2.45) is 12.5 Å². The molecule has 0 saturated heterocycles. The van der Waals surface area contributed by atoms with Crippen LogP contribution in [0, 0.1) is 5.41 Å². The smallest absolute Gasteiger partial charge is 0.230 e. The molecule has 1 amide bonds. The molecule has 1 rings (SSSR count). The summed E-state index contributed by atoms with van der Waals surface area (Å²) in [5.74, 6) is 0.470. The monoisotopic (exact) mass is 196 g/mol. The second-order valence-electron chi connectivity index (χ2n) is 4.28. The number of nitrogens with zero attached hydrogens (tertiary/aromatic N) is 2. The van der Waals surface area contributed by atoms with Crippen LogP contribution in [0.4, 0.5) is 11.5 Å². The molecule has 0 fully saturated rings. The van der Waals surface area contributed by atoms with Crippen molar-refractivity contribution in [3.8, 4) is 0 Å². The van der Waals surface area contributed by atoms with Crippen molar-refractivity contribution in [1.82, 2.24) is 9.78 Å². The summed E-state index contributed by atoms with van der Waals surface area (Å²) in [7, 11) is 1.73. The van der Waals surface area contributed by atoms with Crippen molar-refractivity contribution >= 4 is 17.4 Å². The van der Waals surface area contributed by atoms with Crippen LogP contribution in [0.1, 0.15) is 20.8 Å². The van der Waals surface area contributed by atoms with E-state index in [1.54, 1.807) is 11.7 Å². The maximum Gasteiger partial charge on any atom is 0.230 e. The quantitative estimate of drug-likeness (QED) is 0.703. The Hall–Kier alpha value is -1.52. The predicted octanol–water partition coefficient (Wildman–Crippen LogP) is 0.987. The van der Waals surface area contributed by atoms with Crippen LogP contribution in [0.5, 0.6) is 0 Å². The van der Waals surface area contributed by atoms with Crippen LogP contribution in [-0.4, -0.2) is 15.7 Å². The van der Waals surface area contributed by atoms with Gasteiger partial charge >= 0.3 is 0 Å². The van der Waals surface area contributed by atoms with E-state index in [0.29, 0.717) is 11.5 Å². The van der Waals surface area contributed by atoms with E-state index in [2.05, 4.69) is 10.4 Å². The van der Waals surface area contributed by atoms with Crippen molar-refractivity contribution < 1.29 is 4.79 Å². The summed E-state index contributed by atoms with van der Waals surface area (Å²) in [6.45, 7) is 5.53. The molecule has 0 aliphatic rings. The van der Waals surface area contributed by atoms with E-state index in [-0.39, 0.29) is 5.91 Å². The van der Waals surface area contributed by atoms with Gasteiger partial charge in [0.25, 0.3) is 0 Å². The van der Waals surface area contributed by atoms with Gasteiger partial charge in [0.1, 0.15) is 0 Å². The number of amides is 1. The number of aryl methyl sites for hydroxylation is 1. The van der Waals surface area contributed by atoms with E-state index >= 15 is 0 Å². The highest BCUT2D eigenvalue weighted by Gasteiger charge is 2.22. The highest BCUT2D eigenvalue weighted by Crippen LogP contribution is 2.20. The summed E-state index contributed by atoms with van der Waals surface area (Å²) < 4.78 is 1.54. The molecule has 1 heterocycles. The van der Waals surface area contributed by atoms with Gasteiger partial charge in [-0.05, 0) is 0 Å². The van der Waals surface area contributed by atoms with Gasteiger partial charge in [0.05, 0.1) is 11.9 Å². The fourth-order valence-corrected chi connectivity index (χ4v) is 0.903. The zero-order valence-corrected chi connectivity index (χ0v) is 8.96. The minimum absolute atomic E-state index is 0.0761. The van der Waals surface area contributed by atoms with E-state index in [1.807, 2.05) is 20.8 Å². The Morgan fingerprint density at radius 2 is 2.14 bits per heavy atom. The van der Waals surface area contributed by atoms with Crippen LogP contribution in [0.25, 0.3) is 0 Å². The molecule has 78 valence electrons. The van der Waals surface area contributed by atoms with Gasteiger partial charge in [-0.2, -0.15) is 5.10 Å². The van der Waals surface area contributed by atoms with E-state index in [1.165, 1.54) is 6.20 Å². The van der Waals surface area contributed by atoms with Crippen molar-refractivity contribution in [2.45, 2.75) is 20.8 Å².